The van der Waals surface area contributed by atoms with Gasteiger partial charge in [-0.15, -0.1) is 0 Å². The standard InChI is InChI=1S/C56H32N2O/c57-33-34-17-26-46-48-28-27-40(47-15-6-16-53(55(47)48)59-54(46)30-34)35-18-22-37(23-19-35)49-31-51-45-13-4-2-11-43(45)50(32-52(51)44-12-3-1-10-42(44)49)38-24-20-36(21-25-38)41-14-5-8-39-9-7-29-58-56(39)41/h1-32H. The van der Waals surface area contributed by atoms with E-state index in [9.17, 15) is 5.26 Å². The highest BCUT2D eigenvalue weighted by Crippen LogP contribution is 2.49. The van der Waals surface area contributed by atoms with Gasteiger partial charge in [0, 0.05) is 28.1 Å². The van der Waals surface area contributed by atoms with Gasteiger partial charge >= 0.3 is 0 Å². The van der Waals surface area contributed by atoms with Crippen molar-refractivity contribution in [3.63, 3.8) is 0 Å². The number of rotatable bonds is 4. The fraction of sp³-hybridized carbons (Fsp3) is 0. The molecule has 11 aromatic rings. The van der Waals surface area contributed by atoms with Gasteiger partial charge in [0.2, 0.25) is 0 Å². The summed E-state index contributed by atoms with van der Waals surface area (Å²) in [7, 11) is 0. The molecule has 0 N–H and O–H groups in total. The summed E-state index contributed by atoms with van der Waals surface area (Å²) in [5, 5.41) is 20.3. The fourth-order valence-corrected chi connectivity index (χ4v) is 9.38. The summed E-state index contributed by atoms with van der Waals surface area (Å²) in [5.41, 5.74) is 13.1. The Bertz CT molecular complexity index is 3570. The molecule has 1 aliphatic heterocycles. The highest BCUT2D eigenvalue weighted by molar-refractivity contribution is 6.24. The van der Waals surface area contributed by atoms with Crippen molar-refractivity contribution in [3.05, 3.63) is 200 Å². The number of pyridine rings is 1. The Labute approximate surface area is 340 Å². The van der Waals surface area contributed by atoms with Crippen LogP contribution in [-0.4, -0.2) is 4.98 Å². The van der Waals surface area contributed by atoms with Crippen molar-refractivity contribution < 1.29 is 4.74 Å². The second-order valence-electron chi connectivity index (χ2n) is 15.3. The molecule has 0 aliphatic carbocycles. The number of hydrogen-bond acceptors (Lipinski definition) is 3. The molecule has 0 saturated heterocycles. The van der Waals surface area contributed by atoms with Crippen LogP contribution in [0.4, 0.5) is 0 Å². The predicted molar refractivity (Wildman–Crippen MR) is 244 cm³/mol. The molecule has 272 valence electrons. The first kappa shape index (κ1) is 33.1. The molecule has 3 nitrogen and oxygen atoms in total. The van der Waals surface area contributed by atoms with Gasteiger partial charge in [0.25, 0.3) is 0 Å². The first-order valence-corrected chi connectivity index (χ1v) is 19.9. The molecular formula is C56H32N2O. The quantitative estimate of drug-likeness (QED) is 0.168. The number of aromatic nitrogens is 1. The minimum absolute atomic E-state index is 0.588. The first-order chi connectivity index (χ1) is 29.2. The molecule has 0 unspecified atom stereocenters. The number of ether oxygens (including phenoxy) is 1. The van der Waals surface area contributed by atoms with E-state index in [-0.39, 0.29) is 0 Å². The van der Waals surface area contributed by atoms with Crippen LogP contribution in [0.5, 0.6) is 11.5 Å². The van der Waals surface area contributed by atoms with Crippen LogP contribution in [0.1, 0.15) is 5.56 Å². The maximum absolute atomic E-state index is 9.48. The zero-order valence-corrected chi connectivity index (χ0v) is 31.8. The van der Waals surface area contributed by atoms with E-state index < -0.39 is 0 Å². The molecule has 1 aromatic heterocycles. The molecule has 0 atom stereocenters. The molecule has 0 radical (unpaired) electrons. The summed E-state index contributed by atoms with van der Waals surface area (Å²) >= 11 is 0. The van der Waals surface area contributed by atoms with E-state index in [4.69, 9.17) is 9.72 Å². The molecule has 2 heterocycles. The third-order valence-corrected chi connectivity index (χ3v) is 12.2. The lowest BCUT2D eigenvalue weighted by Crippen LogP contribution is -1.98. The summed E-state index contributed by atoms with van der Waals surface area (Å²) in [4.78, 5) is 4.71. The van der Waals surface area contributed by atoms with Gasteiger partial charge in [-0.1, -0.05) is 146 Å². The van der Waals surface area contributed by atoms with E-state index in [1.165, 1.54) is 54.6 Å². The van der Waals surface area contributed by atoms with Gasteiger partial charge in [0.05, 0.1) is 17.1 Å². The van der Waals surface area contributed by atoms with Crippen molar-refractivity contribution in [1.82, 2.24) is 4.98 Å². The highest BCUT2D eigenvalue weighted by atomic mass is 16.5. The molecule has 59 heavy (non-hydrogen) atoms. The molecule has 10 aromatic carbocycles. The zero-order chi connectivity index (χ0) is 39.0. The number of hydrogen-bond donors (Lipinski definition) is 0. The van der Waals surface area contributed by atoms with E-state index in [1.807, 2.05) is 36.5 Å². The third-order valence-electron chi connectivity index (χ3n) is 12.2. The lowest BCUT2D eigenvalue weighted by molar-refractivity contribution is 0.487. The molecule has 0 amide bonds. The van der Waals surface area contributed by atoms with Crippen LogP contribution in [0, 0.1) is 11.3 Å². The second kappa shape index (κ2) is 13.0. The van der Waals surface area contributed by atoms with Crippen LogP contribution in [0.2, 0.25) is 0 Å². The molecule has 1 aliphatic rings. The SMILES string of the molecule is N#Cc1ccc2c(c1)Oc1cccc3c(-c4ccc(-c5cc6c7ccccc7c(-c7ccc(-c8cccc9cccnc89)cc7)cc6c6ccccc56)cc4)ccc-2c13. The van der Waals surface area contributed by atoms with Crippen LogP contribution in [-0.2, 0) is 0 Å². The molecule has 3 heteroatoms. The van der Waals surface area contributed by atoms with Crippen molar-refractivity contribution in [1.29, 1.82) is 5.26 Å². The molecule has 12 rings (SSSR count). The Morgan fingerprint density at radius 1 is 0.373 bits per heavy atom. The Kier molecular flexibility index (Phi) is 7.29. The zero-order valence-electron chi connectivity index (χ0n) is 31.8. The van der Waals surface area contributed by atoms with Gasteiger partial charge < -0.3 is 4.74 Å². The molecule has 0 spiro atoms. The summed E-state index contributed by atoms with van der Waals surface area (Å²) in [6.07, 6.45) is 1.87. The summed E-state index contributed by atoms with van der Waals surface area (Å²) in [6, 6.07) is 69.4. The largest absolute Gasteiger partial charge is 0.456 e. The lowest BCUT2D eigenvalue weighted by atomic mass is 9.87. The number of benzene rings is 10. The van der Waals surface area contributed by atoms with Gasteiger partial charge in [0.1, 0.15) is 11.5 Å². The van der Waals surface area contributed by atoms with Crippen molar-refractivity contribution in [2.45, 2.75) is 0 Å². The Hall–Kier alpha value is -8.06. The van der Waals surface area contributed by atoms with Gasteiger partial charge in [-0.3, -0.25) is 4.98 Å². The minimum Gasteiger partial charge on any atom is -0.456 e. The number of fused-ring (bicyclic) bond motifs is 8. The van der Waals surface area contributed by atoms with E-state index in [2.05, 4.69) is 164 Å². The summed E-state index contributed by atoms with van der Waals surface area (Å²) in [5.74, 6) is 1.53. The Balaban J connectivity index is 0.965. The molecular weight excluding hydrogens is 717 g/mol. The third kappa shape index (κ3) is 5.17. The lowest BCUT2D eigenvalue weighted by Gasteiger charge is -2.22. The maximum Gasteiger partial charge on any atom is 0.136 e. The predicted octanol–water partition coefficient (Wildman–Crippen LogP) is 15.2. The highest BCUT2D eigenvalue weighted by Gasteiger charge is 2.22. The van der Waals surface area contributed by atoms with Gasteiger partial charge in [-0.2, -0.15) is 5.26 Å². The maximum atomic E-state index is 9.48. The second-order valence-corrected chi connectivity index (χ2v) is 15.3. The van der Waals surface area contributed by atoms with Crippen molar-refractivity contribution in [2.24, 2.45) is 0 Å². The topological polar surface area (TPSA) is 45.9 Å². The smallest absolute Gasteiger partial charge is 0.136 e. The van der Waals surface area contributed by atoms with Crippen molar-refractivity contribution >= 4 is 54.0 Å². The van der Waals surface area contributed by atoms with E-state index in [1.54, 1.807) is 0 Å². The average Bonchev–Trinajstić information content (AvgIpc) is 3.31. The van der Waals surface area contributed by atoms with Gasteiger partial charge in [0.15, 0.2) is 0 Å². The van der Waals surface area contributed by atoms with E-state index >= 15 is 0 Å². The van der Waals surface area contributed by atoms with E-state index in [0.717, 1.165) is 66.6 Å². The van der Waals surface area contributed by atoms with Crippen LogP contribution >= 0.6 is 0 Å². The Morgan fingerprint density at radius 3 is 1.58 bits per heavy atom. The molecule has 0 bridgehead atoms. The fourth-order valence-electron chi connectivity index (χ4n) is 9.38. The molecule has 0 fully saturated rings. The number of nitriles is 1. The van der Waals surface area contributed by atoms with Crippen molar-refractivity contribution in [3.8, 4) is 73.2 Å². The van der Waals surface area contributed by atoms with Crippen molar-refractivity contribution in [2.75, 3.05) is 0 Å². The van der Waals surface area contributed by atoms with Crippen LogP contribution < -0.4 is 4.74 Å². The minimum atomic E-state index is 0.588. The Morgan fingerprint density at radius 2 is 0.915 bits per heavy atom. The summed E-state index contributed by atoms with van der Waals surface area (Å²) in [6.45, 7) is 0. The monoisotopic (exact) mass is 748 g/mol. The first-order valence-electron chi connectivity index (χ1n) is 19.9. The number of para-hydroxylation sites is 1. The molecule has 0 saturated carbocycles. The van der Waals surface area contributed by atoms with E-state index in [0.29, 0.717) is 5.56 Å². The normalized spacial score (nSPS) is 11.8. The van der Waals surface area contributed by atoms with Crippen LogP contribution in [0.15, 0.2) is 194 Å². The van der Waals surface area contributed by atoms with Gasteiger partial charge in [-0.05, 0) is 125 Å². The summed E-state index contributed by atoms with van der Waals surface area (Å²) < 4.78 is 6.38. The van der Waals surface area contributed by atoms with Gasteiger partial charge in [-0.25, -0.2) is 0 Å². The van der Waals surface area contributed by atoms with Crippen LogP contribution in [0.25, 0.3) is 110 Å². The average molecular weight is 749 g/mol. The van der Waals surface area contributed by atoms with Crippen LogP contribution in [0.3, 0.4) is 0 Å². The number of nitrogens with zero attached hydrogens (tertiary/aromatic N) is 2.